The van der Waals surface area contributed by atoms with Gasteiger partial charge in [-0.3, -0.25) is 4.79 Å². The van der Waals surface area contributed by atoms with Crippen molar-refractivity contribution in [2.24, 2.45) is 11.8 Å². The summed E-state index contributed by atoms with van der Waals surface area (Å²) in [5.74, 6) is 0.437. The fraction of sp³-hybridized carbons (Fsp3) is 0.875. The van der Waals surface area contributed by atoms with Gasteiger partial charge in [0.05, 0.1) is 0 Å². The first-order valence-corrected chi connectivity index (χ1v) is 3.96. The van der Waals surface area contributed by atoms with Crippen LogP contribution < -0.4 is 0 Å². The number of nitrogens with zero attached hydrogens (tertiary/aromatic N) is 1. The summed E-state index contributed by atoms with van der Waals surface area (Å²) in [4.78, 5) is 12.4. The summed E-state index contributed by atoms with van der Waals surface area (Å²) < 4.78 is 0. The lowest BCUT2D eigenvalue weighted by atomic mass is 10.2. The van der Waals surface area contributed by atoms with Gasteiger partial charge in [0, 0.05) is 13.0 Å². The highest BCUT2D eigenvalue weighted by atomic mass is 16.4. The van der Waals surface area contributed by atoms with Crippen molar-refractivity contribution in [3.63, 3.8) is 0 Å². The Morgan fingerprint density at radius 2 is 2.18 bits per heavy atom. The largest absolute Gasteiger partial charge is 0.481 e. The van der Waals surface area contributed by atoms with E-state index in [0.717, 1.165) is 13.0 Å². The van der Waals surface area contributed by atoms with Crippen LogP contribution in [0.1, 0.15) is 12.8 Å². The average molecular weight is 157 g/mol. The van der Waals surface area contributed by atoms with Crippen molar-refractivity contribution in [3.8, 4) is 0 Å². The van der Waals surface area contributed by atoms with Crippen molar-refractivity contribution in [1.82, 2.24) is 4.90 Å². The highest BCUT2D eigenvalue weighted by molar-refractivity contribution is 5.67. The summed E-state index contributed by atoms with van der Waals surface area (Å²) in [5.41, 5.74) is 0. The van der Waals surface area contributed by atoms with Gasteiger partial charge in [0.1, 0.15) is 0 Å². The number of carboxylic acids is 1. The zero-order chi connectivity index (χ0) is 8.43. The van der Waals surface area contributed by atoms with Crippen molar-refractivity contribution in [2.75, 3.05) is 20.6 Å². The topological polar surface area (TPSA) is 40.5 Å². The molecule has 1 aliphatic carbocycles. The Kier molecular flexibility index (Phi) is 2.49. The molecule has 64 valence electrons. The molecule has 2 atom stereocenters. The first kappa shape index (κ1) is 8.53. The molecule has 1 saturated carbocycles. The summed E-state index contributed by atoms with van der Waals surface area (Å²) in [6.45, 7) is 1.04. The van der Waals surface area contributed by atoms with Crippen molar-refractivity contribution in [2.45, 2.75) is 12.8 Å². The Morgan fingerprint density at radius 3 is 2.64 bits per heavy atom. The average Bonchev–Trinajstić information content (AvgIpc) is 2.43. The molecule has 0 amide bonds. The van der Waals surface area contributed by atoms with Gasteiger partial charge < -0.3 is 10.0 Å². The molecule has 1 N–H and O–H groups in total. The molecule has 1 aliphatic rings. The quantitative estimate of drug-likeness (QED) is 0.651. The van der Waals surface area contributed by atoms with Crippen molar-refractivity contribution >= 4 is 5.97 Å². The molecule has 0 aromatic carbocycles. The van der Waals surface area contributed by atoms with E-state index in [1.807, 2.05) is 14.1 Å². The standard InChI is InChI=1S/C8H15NO2/c1-9(2)5-7-3-6(7)4-8(10)11/h6-7H,3-5H2,1-2H3,(H,10,11)/t6-,7-/m0/s1. The van der Waals surface area contributed by atoms with Gasteiger partial charge in [0.15, 0.2) is 0 Å². The first-order chi connectivity index (χ1) is 5.09. The Bertz CT molecular complexity index is 156. The Balaban J connectivity index is 2.11. The van der Waals surface area contributed by atoms with E-state index < -0.39 is 5.97 Å². The molecule has 0 spiro atoms. The fourth-order valence-corrected chi connectivity index (χ4v) is 1.48. The van der Waals surface area contributed by atoms with E-state index in [-0.39, 0.29) is 0 Å². The molecule has 0 unspecified atom stereocenters. The summed E-state index contributed by atoms with van der Waals surface area (Å²) >= 11 is 0. The van der Waals surface area contributed by atoms with Crippen molar-refractivity contribution in [3.05, 3.63) is 0 Å². The molecule has 0 saturated heterocycles. The predicted molar refractivity (Wildman–Crippen MR) is 42.4 cm³/mol. The minimum Gasteiger partial charge on any atom is -0.481 e. The van der Waals surface area contributed by atoms with Crippen LogP contribution in [0.3, 0.4) is 0 Å². The highest BCUT2D eigenvalue weighted by Crippen LogP contribution is 2.41. The number of aliphatic carboxylic acids is 1. The second-order valence-corrected chi connectivity index (χ2v) is 3.62. The minimum atomic E-state index is -0.656. The first-order valence-electron chi connectivity index (χ1n) is 3.96. The SMILES string of the molecule is CN(C)C[C@@H]1C[C@H]1CC(=O)O. The van der Waals surface area contributed by atoms with E-state index >= 15 is 0 Å². The van der Waals surface area contributed by atoms with Gasteiger partial charge in [-0.15, -0.1) is 0 Å². The molecule has 0 bridgehead atoms. The molecule has 0 heterocycles. The summed E-state index contributed by atoms with van der Waals surface area (Å²) in [7, 11) is 4.05. The monoisotopic (exact) mass is 157 g/mol. The van der Waals surface area contributed by atoms with E-state index in [9.17, 15) is 4.79 Å². The van der Waals surface area contributed by atoms with Crippen LogP contribution in [-0.2, 0) is 4.79 Å². The molecule has 3 heteroatoms. The summed E-state index contributed by atoms with van der Waals surface area (Å²) in [6.07, 6.45) is 1.46. The van der Waals surface area contributed by atoms with Crippen LogP contribution in [0.5, 0.6) is 0 Å². The zero-order valence-corrected chi connectivity index (χ0v) is 7.08. The second kappa shape index (κ2) is 3.22. The molecule has 0 aromatic heterocycles. The molecule has 0 aromatic rings. The van der Waals surface area contributed by atoms with Gasteiger partial charge in [-0.2, -0.15) is 0 Å². The Morgan fingerprint density at radius 1 is 1.55 bits per heavy atom. The van der Waals surface area contributed by atoms with E-state index in [1.54, 1.807) is 0 Å². The van der Waals surface area contributed by atoms with Gasteiger partial charge in [-0.05, 0) is 32.4 Å². The molecular weight excluding hydrogens is 142 g/mol. The maximum Gasteiger partial charge on any atom is 0.303 e. The van der Waals surface area contributed by atoms with Crippen LogP contribution >= 0.6 is 0 Å². The van der Waals surface area contributed by atoms with Crippen molar-refractivity contribution in [1.29, 1.82) is 0 Å². The van der Waals surface area contributed by atoms with Crippen LogP contribution in [0.15, 0.2) is 0 Å². The molecule has 0 aliphatic heterocycles. The van der Waals surface area contributed by atoms with Crippen LogP contribution in [0, 0.1) is 11.8 Å². The van der Waals surface area contributed by atoms with Gasteiger partial charge >= 0.3 is 5.97 Å². The number of hydrogen-bond acceptors (Lipinski definition) is 2. The van der Waals surface area contributed by atoms with Gasteiger partial charge in [0.2, 0.25) is 0 Å². The minimum absolute atomic E-state index is 0.360. The molecule has 3 nitrogen and oxygen atoms in total. The third kappa shape index (κ3) is 2.89. The molecular formula is C8H15NO2. The smallest absolute Gasteiger partial charge is 0.303 e. The van der Waals surface area contributed by atoms with E-state index in [4.69, 9.17) is 5.11 Å². The van der Waals surface area contributed by atoms with Gasteiger partial charge in [0.25, 0.3) is 0 Å². The van der Waals surface area contributed by atoms with Gasteiger partial charge in [-0.25, -0.2) is 0 Å². The van der Waals surface area contributed by atoms with Crippen LogP contribution in [0.2, 0.25) is 0 Å². The molecule has 11 heavy (non-hydrogen) atoms. The summed E-state index contributed by atoms with van der Waals surface area (Å²) in [5, 5.41) is 8.46. The number of carboxylic acid groups (broad SMARTS) is 1. The number of hydrogen-bond donors (Lipinski definition) is 1. The molecule has 0 radical (unpaired) electrons. The zero-order valence-electron chi connectivity index (χ0n) is 7.08. The second-order valence-electron chi connectivity index (χ2n) is 3.62. The number of carbonyl (C=O) groups is 1. The maximum absolute atomic E-state index is 10.3. The fourth-order valence-electron chi connectivity index (χ4n) is 1.48. The van der Waals surface area contributed by atoms with Crippen LogP contribution in [0.25, 0.3) is 0 Å². The third-order valence-corrected chi connectivity index (χ3v) is 2.11. The Labute approximate surface area is 67.0 Å². The van der Waals surface area contributed by atoms with Gasteiger partial charge in [-0.1, -0.05) is 0 Å². The lowest BCUT2D eigenvalue weighted by Crippen LogP contribution is -2.15. The lowest BCUT2D eigenvalue weighted by Gasteiger charge is -2.07. The van der Waals surface area contributed by atoms with Crippen LogP contribution in [0.4, 0.5) is 0 Å². The van der Waals surface area contributed by atoms with Crippen molar-refractivity contribution < 1.29 is 9.90 Å². The third-order valence-electron chi connectivity index (χ3n) is 2.11. The number of rotatable bonds is 4. The molecule has 1 fully saturated rings. The van der Waals surface area contributed by atoms with E-state index in [0.29, 0.717) is 18.3 Å². The molecule has 1 rings (SSSR count). The lowest BCUT2D eigenvalue weighted by molar-refractivity contribution is -0.137. The summed E-state index contributed by atoms with van der Waals surface area (Å²) in [6, 6.07) is 0. The van der Waals surface area contributed by atoms with E-state index in [1.165, 1.54) is 0 Å². The highest BCUT2D eigenvalue weighted by Gasteiger charge is 2.38. The Hall–Kier alpha value is -0.570. The maximum atomic E-state index is 10.3. The predicted octanol–water partition coefficient (Wildman–Crippen LogP) is 0.659. The van der Waals surface area contributed by atoms with E-state index in [2.05, 4.69) is 4.90 Å². The van der Waals surface area contributed by atoms with Crippen LogP contribution in [-0.4, -0.2) is 36.6 Å². The normalized spacial score (nSPS) is 29.0.